The van der Waals surface area contributed by atoms with Gasteiger partial charge in [-0.15, -0.1) is 0 Å². The van der Waals surface area contributed by atoms with Crippen LogP contribution in [0.5, 0.6) is 0 Å². The fourth-order valence-corrected chi connectivity index (χ4v) is 1.82. The first-order chi connectivity index (χ1) is 9.38. The average molecular weight is 344 g/mol. The number of benzene rings is 1. The molecule has 20 heavy (non-hydrogen) atoms. The number of rotatable bonds is 3. The Kier molecular flexibility index (Phi) is 3.93. The zero-order valence-electron chi connectivity index (χ0n) is 10.1. The molecule has 0 saturated carbocycles. The Labute approximate surface area is 120 Å². The highest BCUT2D eigenvalue weighted by Gasteiger charge is 2.12. The Morgan fingerprint density at radius 2 is 2.05 bits per heavy atom. The summed E-state index contributed by atoms with van der Waals surface area (Å²) in [5, 5.41) is 11.4. The standard InChI is InChI=1S/C12H8BrF2N3O2/c1-5-6(11(19)20)4-16-12(17-5)18-10-2-7(13)8(14)3-9(10)15/h2-4H,1H3,(H,19,20)(H,16,17,18). The number of carboxylic acids is 1. The number of nitrogens with zero attached hydrogens (tertiary/aromatic N) is 2. The third kappa shape index (κ3) is 2.90. The Hall–Kier alpha value is -2.09. The van der Waals surface area contributed by atoms with Crippen LogP contribution < -0.4 is 5.32 Å². The molecular formula is C12H8BrF2N3O2. The van der Waals surface area contributed by atoms with Crippen molar-refractivity contribution >= 4 is 33.5 Å². The van der Waals surface area contributed by atoms with Crippen molar-refractivity contribution in [2.24, 2.45) is 0 Å². The Balaban J connectivity index is 2.33. The first kappa shape index (κ1) is 14.3. The Morgan fingerprint density at radius 3 is 2.65 bits per heavy atom. The molecule has 104 valence electrons. The number of hydrogen-bond acceptors (Lipinski definition) is 4. The molecule has 8 heteroatoms. The Morgan fingerprint density at radius 1 is 1.35 bits per heavy atom. The van der Waals surface area contributed by atoms with E-state index in [1.165, 1.54) is 13.0 Å². The molecule has 0 bridgehead atoms. The van der Waals surface area contributed by atoms with E-state index >= 15 is 0 Å². The molecule has 1 aromatic heterocycles. The van der Waals surface area contributed by atoms with E-state index in [9.17, 15) is 13.6 Å². The van der Waals surface area contributed by atoms with Crippen molar-refractivity contribution in [1.29, 1.82) is 0 Å². The minimum atomic E-state index is -1.15. The van der Waals surface area contributed by atoms with Gasteiger partial charge >= 0.3 is 5.97 Å². The summed E-state index contributed by atoms with van der Waals surface area (Å²) in [5.74, 6) is -2.67. The van der Waals surface area contributed by atoms with Crippen molar-refractivity contribution in [2.45, 2.75) is 6.92 Å². The molecule has 5 nitrogen and oxygen atoms in total. The van der Waals surface area contributed by atoms with Crippen LogP contribution in [0.1, 0.15) is 16.1 Å². The van der Waals surface area contributed by atoms with Crippen LogP contribution in [0.3, 0.4) is 0 Å². The zero-order valence-corrected chi connectivity index (χ0v) is 11.7. The quantitative estimate of drug-likeness (QED) is 0.836. The highest BCUT2D eigenvalue weighted by molar-refractivity contribution is 9.10. The lowest BCUT2D eigenvalue weighted by atomic mass is 10.2. The molecule has 2 aromatic rings. The number of aromatic carboxylic acids is 1. The SMILES string of the molecule is Cc1nc(Nc2cc(Br)c(F)cc2F)ncc1C(=O)O. The van der Waals surface area contributed by atoms with E-state index in [-0.39, 0.29) is 27.4 Å². The van der Waals surface area contributed by atoms with Gasteiger partial charge in [-0.2, -0.15) is 0 Å². The lowest BCUT2D eigenvalue weighted by Gasteiger charge is -2.08. The molecule has 1 aromatic carbocycles. The second-order valence-electron chi connectivity index (χ2n) is 3.87. The lowest BCUT2D eigenvalue weighted by molar-refractivity contribution is 0.0695. The smallest absolute Gasteiger partial charge is 0.339 e. The highest BCUT2D eigenvalue weighted by atomic mass is 79.9. The molecule has 2 rings (SSSR count). The molecule has 1 heterocycles. The largest absolute Gasteiger partial charge is 0.478 e. The number of aryl methyl sites for hydroxylation is 1. The molecule has 0 amide bonds. The number of carboxylic acid groups (broad SMARTS) is 1. The van der Waals surface area contributed by atoms with E-state index in [1.54, 1.807) is 0 Å². The van der Waals surface area contributed by atoms with Crippen molar-refractivity contribution < 1.29 is 18.7 Å². The third-order valence-corrected chi connectivity index (χ3v) is 3.07. The molecule has 0 aliphatic rings. The highest BCUT2D eigenvalue weighted by Crippen LogP contribution is 2.25. The molecule has 0 fully saturated rings. The van der Waals surface area contributed by atoms with Crippen LogP contribution in [-0.2, 0) is 0 Å². The topological polar surface area (TPSA) is 75.1 Å². The van der Waals surface area contributed by atoms with E-state index < -0.39 is 17.6 Å². The fourth-order valence-electron chi connectivity index (χ4n) is 1.48. The van der Waals surface area contributed by atoms with Crippen LogP contribution in [0, 0.1) is 18.6 Å². The lowest BCUT2D eigenvalue weighted by Crippen LogP contribution is -2.06. The minimum absolute atomic E-state index is 0.0184. The van der Waals surface area contributed by atoms with E-state index in [4.69, 9.17) is 5.11 Å². The maximum atomic E-state index is 13.6. The van der Waals surface area contributed by atoms with Gasteiger partial charge in [-0.25, -0.2) is 23.5 Å². The van der Waals surface area contributed by atoms with E-state index in [0.29, 0.717) is 6.07 Å². The summed E-state index contributed by atoms with van der Waals surface area (Å²) in [6.07, 6.45) is 1.11. The van der Waals surface area contributed by atoms with Gasteiger partial charge in [-0.05, 0) is 28.9 Å². The van der Waals surface area contributed by atoms with Crippen molar-refractivity contribution in [2.75, 3.05) is 5.32 Å². The number of carbonyl (C=O) groups is 1. The van der Waals surface area contributed by atoms with Crippen LogP contribution in [0.4, 0.5) is 20.4 Å². The molecular weight excluding hydrogens is 336 g/mol. The van der Waals surface area contributed by atoms with E-state index in [0.717, 1.165) is 6.20 Å². The summed E-state index contributed by atoms with van der Waals surface area (Å²) >= 11 is 2.94. The fraction of sp³-hybridized carbons (Fsp3) is 0.0833. The summed E-state index contributed by atoms with van der Waals surface area (Å²) in [4.78, 5) is 18.5. The van der Waals surface area contributed by atoms with Crippen molar-refractivity contribution in [3.63, 3.8) is 0 Å². The van der Waals surface area contributed by atoms with Gasteiger partial charge in [0, 0.05) is 12.3 Å². The first-order valence-electron chi connectivity index (χ1n) is 5.37. The molecule has 0 spiro atoms. The van der Waals surface area contributed by atoms with Gasteiger partial charge in [0.25, 0.3) is 0 Å². The zero-order chi connectivity index (χ0) is 14.9. The molecule has 0 aliphatic heterocycles. The minimum Gasteiger partial charge on any atom is -0.478 e. The summed E-state index contributed by atoms with van der Waals surface area (Å²) in [6.45, 7) is 1.49. The molecule has 0 radical (unpaired) electrons. The second kappa shape index (κ2) is 5.49. The van der Waals surface area contributed by atoms with E-state index in [2.05, 4.69) is 31.2 Å². The molecule has 0 unspecified atom stereocenters. The molecule has 0 saturated heterocycles. The number of halogens is 3. The van der Waals surface area contributed by atoms with Crippen molar-refractivity contribution in [3.8, 4) is 0 Å². The number of nitrogens with one attached hydrogen (secondary N) is 1. The van der Waals surface area contributed by atoms with Crippen LogP contribution in [0.2, 0.25) is 0 Å². The van der Waals surface area contributed by atoms with Gasteiger partial charge in [0.15, 0.2) is 0 Å². The average Bonchev–Trinajstić information content (AvgIpc) is 2.35. The molecule has 2 N–H and O–H groups in total. The van der Waals surface area contributed by atoms with E-state index in [1.807, 2.05) is 0 Å². The Bertz CT molecular complexity index is 695. The van der Waals surface area contributed by atoms with Crippen LogP contribution in [0.15, 0.2) is 22.8 Å². The van der Waals surface area contributed by atoms with Gasteiger partial charge in [-0.3, -0.25) is 0 Å². The van der Waals surface area contributed by atoms with Gasteiger partial charge in [-0.1, -0.05) is 0 Å². The monoisotopic (exact) mass is 343 g/mol. The molecule has 0 atom stereocenters. The number of anilines is 2. The first-order valence-corrected chi connectivity index (χ1v) is 6.16. The summed E-state index contributed by atoms with van der Waals surface area (Å²) in [5.41, 5.74) is 0.161. The van der Waals surface area contributed by atoms with Crippen molar-refractivity contribution in [3.05, 3.63) is 45.7 Å². The normalized spacial score (nSPS) is 10.4. The number of aromatic nitrogens is 2. The van der Waals surface area contributed by atoms with Gasteiger partial charge in [0.05, 0.1) is 21.4 Å². The van der Waals surface area contributed by atoms with Crippen molar-refractivity contribution in [1.82, 2.24) is 9.97 Å². The van der Waals surface area contributed by atoms with Gasteiger partial charge in [0.2, 0.25) is 5.95 Å². The van der Waals surface area contributed by atoms with Crippen LogP contribution in [0.25, 0.3) is 0 Å². The number of hydrogen-bond donors (Lipinski definition) is 2. The summed E-state index contributed by atoms with van der Waals surface area (Å²) in [7, 11) is 0. The summed E-state index contributed by atoms with van der Waals surface area (Å²) < 4.78 is 26.7. The van der Waals surface area contributed by atoms with Gasteiger partial charge in [0.1, 0.15) is 11.6 Å². The third-order valence-electron chi connectivity index (χ3n) is 2.47. The maximum absolute atomic E-state index is 13.6. The molecule has 0 aliphatic carbocycles. The van der Waals surface area contributed by atoms with Crippen LogP contribution >= 0.6 is 15.9 Å². The second-order valence-corrected chi connectivity index (χ2v) is 4.72. The predicted molar refractivity (Wildman–Crippen MR) is 71.1 cm³/mol. The predicted octanol–water partition coefficient (Wildman–Crippen LogP) is 3.27. The van der Waals surface area contributed by atoms with Crippen LogP contribution in [-0.4, -0.2) is 21.0 Å². The maximum Gasteiger partial charge on any atom is 0.339 e. The summed E-state index contributed by atoms with van der Waals surface area (Å²) in [6, 6.07) is 1.92. The van der Waals surface area contributed by atoms with Gasteiger partial charge < -0.3 is 10.4 Å².